The monoisotopic (exact) mass is 442 g/mol. The molecule has 5 nitrogen and oxygen atoms in total. The number of thioether (sulfide) groups is 1. The first-order valence-electron chi connectivity index (χ1n) is 7.72. The molecular formula is C15H31IN4OS. The number of hydrogen-bond acceptors (Lipinski definition) is 3. The highest BCUT2D eigenvalue weighted by Crippen LogP contribution is 2.27. The summed E-state index contributed by atoms with van der Waals surface area (Å²) in [7, 11) is 0. The number of carbonyl (C=O) groups excluding carboxylic acids is 1. The second-order valence-electron chi connectivity index (χ2n) is 6.51. The van der Waals surface area contributed by atoms with Crippen LogP contribution in [-0.2, 0) is 4.79 Å². The Morgan fingerprint density at radius 2 is 2.00 bits per heavy atom. The van der Waals surface area contributed by atoms with Crippen molar-refractivity contribution >= 4 is 47.6 Å². The van der Waals surface area contributed by atoms with Gasteiger partial charge in [0.2, 0.25) is 5.91 Å². The zero-order chi connectivity index (χ0) is 15.9. The van der Waals surface area contributed by atoms with E-state index in [1.165, 1.54) is 19.3 Å². The fourth-order valence-corrected chi connectivity index (χ4v) is 3.20. The Hall–Kier alpha value is -0.180. The fraction of sp³-hybridized carbons (Fsp3) is 0.867. The van der Waals surface area contributed by atoms with Gasteiger partial charge in [-0.25, -0.2) is 4.99 Å². The average molecular weight is 442 g/mol. The van der Waals surface area contributed by atoms with E-state index < -0.39 is 0 Å². The van der Waals surface area contributed by atoms with E-state index in [1.807, 2.05) is 39.5 Å². The number of nitrogens with zero attached hydrogens (tertiary/aromatic N) is 1. The topological polar surface area (TPSA) is 65.5 Å². The fourth-order valence-electron chi connectivity index (χ4n) is 2.41. The summed E-state index contributed by atoms with van der Waals surface area (Å²) in [5.41, 5.74) is -0.213. The van der Waals surface area contributed by atoms with Crippen molar-refractivity contribution in [3.05, 3.63) is 0 Å². The van der Waals surface area contributed by atoms with Crippen LogP contribution in [0.15, 0.2) is 4.99 Å². The predicted molar refractivity (Wildman–Crippen MR) is 107 cm³/mol. The molecule has 1 aliphatic rings. The molecule has 0 spiro atoms. The molecule has 1 amide bonds. The molecule has 0 aromatic rings. The first-order valence-corrected chi connectivity index (χ1v) is 9.01. The maximum atomic E-state index is 11.8. The maximum absolute atomic E-state index is 11.8. The van der Waals surface area contributed by atoms with Gasteiger partial charge in [-0.05, 0) is 53.2 Å². The van der Waals surface area contributed by atoms with E-state index in [9.17, 15) is 4.79 Å². The standard InChI is InChI=1S/C15H30N4OS.HI/c1-6-16-14(17-10-13(20)19-15(2,3)4)18-11-7-8-12(9-11)21-5;/h11-12H,6-10H2,1-5H3,(H,19,20)(H2,16,17,18);1H. The van der Waals surface area contributed by atoms with Gasteiger partial charge in [0.05, 0.1) is 0 Å². The van der Waals surface area contributed by atoms with Gasteiger partial charge < -0.3 is 16.0 Å². The minimum absolute atomic E-state index is 0. The number of carbonyl (C=O) groups is 1. The summed E-state index contributed by atoms with van der Waals surface area (Å²) < 4.78 is 0. The Balaban J connectivity index is 0.00000441. The van der Waals surface area contributed by atoms with Gasteiger partial charge in [0.25, 0.3) is 0 Å². The van der Waals surface area contributed by atoms with Gasteiger partial charge in [0, 0.05) is 23.4 Å². The van der Waals surface area contributed by atoms with Crippen LogP contribution in [-0.4, -0.2) is 48.0 Å². The molecule has 2 atom stereocenters. The lowest BCUT2D eigenvalue weighted by atomic mass is 10.1. The number of halogens is 1. The molecule has 0 bridgehead atoms. The largest absolute Gasteiger partial charge is 0.357 e. The Morgan fingerprint density at radius 1 is 1.32 bits per heavy atom. The van der Waals surface area contributed by atoms with Crippen molar-refractivity contribution in [3.8, 4) is 0 Å². The van der Waals surface area contributed by atoms with Gasteiger partial charge in [-0.1, -0.05) is 0 Å². The van der Waals surface area contributed by atoms with Gasteiger partial charge in [-0.3, -0.25) is 4.79 Å². The summed E-state index contributed by atoms with van der Waals surface area (Å²) >= 11 is 1.94. The summed E-state index contributed by atoms with van der Waals surface area (Å²) in [5.74, 6) is 0.696. The number of aliphatic imine (C=N–C) groups is 1. The molecule has 0 radical (unpaired) electrons. The number of hydrogen-bond donors (Lipinski definition) is 3. The SMILES string of the molecule is CCNC(=NCC(=O)NC(C)(C)C)NC1CCC(SC)C1.I. The molecule has 1 rings (SSSR count). The van der Waals surface area contributed by atoms with Gasteiger partial charge in [0.1, 0.15) is 6.54 Å². The third kappa shape index (κ3) is 9.07. The third-order valence-electron chi connectivity index (χ3n) is 3.30. The van der Waals surface area contributed by atoms with Crippen LogP contribution in [0.3, 0.4) is 0 Å². The Labute approximate surface area is 156 Å². The molecule has 2 unspecified atom stereocenters. The van der Waals surface area contributed by atoms with E-state index in [-0.39, 0.29) is 42.0 Å². The second kappa shape index (κ2) is 10.6. The minimum Gasteiger partial charge on any atom is -0.357 e. The first-order chi connectivity index (χ1) is 9.84. The quantitative estimate of drug-likeness (QED) is 0.348. The molecule has 1 saturated carbocycles. The van der Waals surface area contributed by atoms with E-state index in [4.69, 9.17) is 0 Å². The van der Waals surface area contributed by atoms with Crippen LogP contribution in [0.25, 0.3) is 0 Å². The lowest BCUT2D eigenvalue weighted by molar-refractivity contribution is -0.121. The highest BCUT2D eigenvalue weighted by Gasteiger charge is 2.24. The molecule has 0 aromatic heterocycles. The van der Waals surface area contributed by atoms with Crippen molar-refractivity contribution in [3.63, 3.8) is 0 Å². The van der Waals surface area contributed by atoms with Crippen LogP contribution in [0.5, 0.6) is 0 Å². The van der Waals surface area contributed by atoms with Gasteiger partial charge >= 0.3 is 0 Å². The minimum atomic E-state index is -0.213. The number of amides is 1. The molecule has 22 heavy (non-hydrogen) atoms. The van der Waals surface area contributed by atoms with Crippen LogP contribution in [0.4, 0.5) is 0 Å². The van der Waals surface area contributed by atoms with Gasteiger partial charge in [-0.2, -0.15) is 11.8 Å². The van der Waals surface area contributed by atoms with Crippen molar-refractivity contribution in [2.24, 2.45) is 4.99 Å². The van der Waals surface area contributed by atoms with E-state index in [0.717, 1.165) is 17.8 Å². The normalized spacial score (nSPS) is 22.0. The summed E-state index contributed by atoms with van der Waals surface area (Å²) in [6.45, 7) is 8.90. The molecule has 130 valence electrons. The van der Waals surface area contributed by atoms with E-state index in [1.54, 1.807) is 0 Å². The molecule has 7 heteroatoms. The van der Waals surface area contributed by atoms with Gasteiger partial charge in [-0.15, -0.1) is 24.0 Å². The van der Waals surface area contributed by atoms with E-state index in [2.05, 4.69) is 27.2 Å². The van der Waals surface area contributed by atoms with Crippen molar-refractivity contribution in [1.82, 2.24) is 16.0 Å². The third-order valence-corrected chi connectivity index (χ3v) is 4.39. The molecule has 1 fully saturated rings. The smallest absolute Gasteiger partial charge is 0.242 e. The van der Waals surface area contributed by atoms with Crippen LogP contribution in [0, 0.1) is 0 Å². The Morgan fingerprint density at radius 3 is 2.50 bits per heavy atom. The zero-order valence-electron chi connectivity index (χ0n) is 14.4. The van der Waals surface area contributed by atoms with Crippen molar-refractivity contribution in [2.45, 2.75) is 63.8 Å². The first kappa shape index (κ1) is 21.8. The molecular weight excluding hydrogens is 411 g/mol. The van der Waals surface area contributed by atoms with E-state index in [0.29, 0.717) is 6.04 Å². The number of guanidine groups is 1. The summed E-state index contributed by atoms with van der Waals surface area (Å²) in [6, 6.07) is 0.464. The highest BCUT2D eigenvalue weighted by molar-refractivity contribution is 14.0. The summed E-state index contributed by atoms with van der Waals surface area (Å²) in [5, 5.41) is 10.3. The second-order valence-corrected chi connectivity index (χ2v) is 7.64. The molecule has 0 saturated heterocycles. The van der Waals surface area contributed by atoms with Crippen molar-refractivity contribution in [1.29, 1.82) is 0 Å². The van der Waals surface area contributed by atoms with Crippen LogP contribution < -0.4 is 16.0 Å². The van der Waals surface area contributed by atoms with Crippen molar-refractivity contribution < 1.29 is 4.79 Å². The molecule has 0 heterocycles. The lowest BCUT2D eigenvalue weighted by Crippen LogP contribution is -2.45. The zero-order valence-corrected chi connectivity index (χ0v) is 17.5. The van der Waals surface area contributed by atoms with Crippen LogP contribution >= 0.6 is 35.7 Å². The Bertz CT molecular complexity index is 371. The molecule has 3 N–H and O–H groups in total. The van der Waals surface area contributed by atoms with Gasteiger partial charge in [0.15, 0.2) is 5.96 Å². The average Bonchev–Trinajstić information content (AvgIpc) is 2.82. The number of nitrogens with one attached hydrogen (secondary N) is 3. The van der Waals surface area contributed by atoms with Crippen molar-refractivity contribution in [2.75, 3.05) is 19.3 Å². The molecule has 1 aliphatic carbocycles. The number of rotatable bonds is 5. The lowest BCUT2D eigenvalue weighted by Gasteiger charge is -2.20. The summed E-state index contributed by atoms with van der Waals surface area (Å²) in [4.78, 5) is 16.2. The summed E-state index contributed by atoms with van der Waals surface area (Å²) in [6.07, 6.45) is 5.76. The van der Waals surface area contributed by atoms with Crippen LogP contribution in [0.2, 0.25) is 0 Å². The Kier molecular flexibility index (Phi) is 10.5. The molecule has 0 aliphatic heterocycles. The van der Waals surface area contributed by atoms with E-state index >= 15 is 0 Å². The highest BCUT2D eigenvalue weighted by atomic mass is 127. The predicted octanol–water partition coefficient (Wildman–Crippen LogP) is 2.36. The maximum Gasteiger partial charge on any atom is 0.242 e. The molecule has 0 aromatic carbocycles. The van der Waals surface area contributed by atoms with Crippen LogP contribution in [0.1, 0.15) is 47.0 Å².